The van der Waals surface area contributed by atoms with Gasteiger partial charge in [0.2, 0.25) is 0 Å². The highest BCUT2D eigenvalue weighted by molar-refractivity contribution is 7.46. The number of unbranched alkanes of at least 4 members (excludes halogenated alkanes) is 1. The first kappa shape index (κ1) is 15.8. The van der Waals surface area contributed by atoms with E-state index in [2.05, 4.69) is 6.92 Å². The highest BCUT2D eigenvalue weighted by Crippen LogP contribution is 2.43. The van der Waals surface area contributed by atoms with E-state index in [0.29, 0.717) is 0 Å². The molecule has 0 aliphatic rings. The van der Waals surface area contributed by atoms with Crippen LogP contribution in [0, 0.1) is 0 Å². The van der Waals surface area contributed by atoms with Gasteiger partial charge in [-0.1, -0.05) is 55.8 Å². The number of phosphoric acid groups is 1. The predicted molar refractivity (Wildman–Crippen MR) is 83.2 cm³/mol. The van der Waals surface area contributed by atoms with Crippen LogP contribution in [0.5, 0.6) is 5.75 Å². The molecule has 112 valence electrons. The third-order valence-corrected chi connectivity index (χ3v) is 3.63. The molecule has 0 radical (unpaired) electrons. The SMILES string of the molecule is CCCCc1cccc(OP(=O)(O)O)c1-c1ccccc1. The van der Waals surface area contributed by atoms with Gasteiger partial charge in [-0.05, 0) is 30.0 Å². The molecule has 0 aliphatic carbocycles. The van der Waals surface area contributed by atoms with Gasteiger partial charge in [-0.3, -0.25) is 9.79 Å². The van der Waals surface area contributed by atoms with Crippen LogP contribution in [0.4, 0.5) is 0 Å². The number of hydrogen-bond donors (Lipinski definition) is 2. The van der Waals surface area contributed by atoms with E-state index < -0.39 is 7.82 Å². The fraction of sp³-hybridized carbons (Fsp3) is 0.250. The van der Waals surface area contributed by atoms with E-state index in [1.54, 1.807) is 12.1 Å². The van der Waals surface area contributed by atoms with Crippen molar-refractivity contribution in [2.75, 3.05) is 0 Å². The van der Waals surface area contributed by atoms with Crippen LogP contribution < -0.4 is 4.52 Å². The van der Waals surface area contributed by atoms with Gasteiger partial charge >= 0.3 is 7.82 Å². The molecule has 0 spiro atoms. The second kappa shape index (κ2) is 6.90. The second-order valence-corrected chi connectivity index (χ2v) is 6.01. The summed E-state index contributed by atoms with van der Waals surface area (Å²) < 4.78 is 16.1. The van der Waals surface area contributed by atoms with Crippen LogP contribution >= 0.6 is 7.82 Å². The molecule has 0 atom stereocenters. The lowest BCUT2D eigenvalue weighted by atomic mass is 9.95. The van der Waals surface area contributed by atoms with E-state index in [0.717, 1.165) is 36.0 Å². The molecule has 0 aliphatic heterocycles. The molecule has 5 heteroatoms. The lowest BCUT2D eigenvalue weighted by Gasteiger charge is -2.16. The lowest BCUT2D eigenvalue weighted by molar-refractivity contribution is 0.283. The van der Waals surface area contributed by atoms with Crippen molar-refractivity contribution in [3.63, 3.8) is 0 Å². The predicted octanol–water partition coefficient (Wildman–Crippen LogP) is 4.17. The summed E-state index contributed by atoms with van der Waals surface area (Å²) in [6.45, 7) is 2.11. The van der Waals surface area contributed by atoms with Gasteiger partial charge in [0.05, 0.1) is 0 Å². The second-order valence-electron chi connectivity index (χ2n) is 4.84. The highest BCUT2D eigenvalue weighted by Gasteiger charge is 2.20. The summed E-state index contributed by atoms with van der Waals surface area (Å²) in [5.74, 6) is 0.225. The Morgan fingerprint density at radius 2 is 1.76 bits per heavy atom. The molecule has 0 amide bonds. The average Bonchev–Trinajstić information content (AvgIpc) is 2.44. The van der Waals surface area contributed by atoms with Gasteiger partial charge in [0.1, 0.15) is 5.75 Å². The summed E-state index contributed by atoms with van der Waals surface area (Å²) in [6, 6.07) is 14.9. The van der Waals surface area contributed by atoms with Crippen molar-refractivity contribution < 1.29 is 18.9 Å². The number of phosphoric ester groups is 1. The summed E-state index contributed by atoms with van der Waals surface area (Å²) >= 11 is 0. The largest absolute Gasteiger partial charge is 0.524 e. The normalized spacial score (nSPS) is 11.4. The zero-order valence-corrected chi connectivity index (χ0v) is 12.8. The minimum atomic E-state index is -4.58. The zero-order chi connectivity index (χ0) is 15.3. The average molecular weight is 306 g/mol. The van der Waals surface area contributed by atoms with E-state index in [1.165, 1.54) is 0 Å². The Morgan fingerprint density at radius 1 is 1.05 bits per heavy atom. The summed E-state index contributed by atoms with van der Waals surface area (Å²) in [6.07, 6.45) is 2.91. The molecular formula is C16H19O4P. The molecule has 0 saturated heterocycles. The number of hydrogen-bond acceptors (Lipinski definition) is 2. The minimum Gasteiger partial charge on any atom is -0.404 e. The standard InChI is InChI=1S/C16H19O4P/c1-2-3-8-13-11-7-12-15(20-21(17,18)19)16(13)14-9-5-4-6-10-14/h4-7,9-12H,2-3,8H2,1H3,(H2,17,18,19). The molecule has 4 nitrogen and oxygen atoms in total. The van der Waals surface area contributed by atoms with Crippen LogP contribution in [0.15, 0.2) is 48.5 Å². The maximum absolute atomic E-state index is 11.2. The van der Waals surface area contributed by atoms with Crippen LogP contribution in [-0.2, 0) is 11.0 Å². The minimum absolute atomic E-state index is 0.225. The topological polar surface area (TPSA) is 66.8 Å². The van der Waals surface area contributed by atoms with E-state index in [1.807, 2.05) is 36.4 Å². The number of benzene rings is 2. The van der Waals surface area contributed by atoms with Crippen molar-refractivity contribution in [1.82, 2.24) is 0 Å². The third-order valence-electron chi connectivity index (χ3n) is 3.19. The van der Waals surface area contributed by atoms with Crippen LogP contribution in [0.25, 0.3) is 11.1 Å². The van der Waals surface area contributed by atoms with Gasteiger partial charge < -0.3 is 4.52 Å². The van der Waals surface area contributed by atoms with Gasteiger partial charge in [-0.25, -0.2) is 4.57 Å². The monoisotopic (exact) mass is 306 g/mol. The molecule has 0 saturated carbocycles. The Labute approximate surface area is 124 Å². The van der Waals surface area contributed by atoms with Crippen molar-refractivity contribution >= 4 is 7.82 Å². The first-order valence-electron chi connectivity index (χ1n) is 6.93. The van der Waals surface area contributed by atoms with Gasteiger partial charge in [0.25, 0.3) is 0 Å². The third kappa shape index (κ3) is 4.43. The molecule has 0 bridgehead atoms. The Morgan fingerprint density at radius 3 is 2.38 bits per heavy atom. The van der Waals surface area contributed by atoms with Crippen molar-refractivity contribution in [3.05, 3.63) is 54.1 Å². The molecule has 21 heavy (non-hydrogen) atoms. The van der Waals surface area contributed by atoms with Crippen LogP contribution in [0.1, 0.15) is 25.3 Å². The summed E-state index contributed by atoms with van der Waals surface area (Å²) in [4.78, 5) is 18.2. The van der Waals surface area contributed by atoms with E-state index in [9.17, 15) is 4.57 Å². The molecular weight excluding hydrogens is 287 g/mol. The summed E-state index contributed by atoms with van der Waals surface area (Å²) in [5.41, 5.74) is 2.69. The summed E-state index contributed by atoms with van der Waals surface area (Å²) in [7, 11) is -4.58. The van der Waals surface area contributed by atoms with E-state index in [4.69, 9.17) is 14.3 Å². The van der Waals surface area contributed by atoms with E-state index >= 15 is 0 Å². The van der Waals surface area contributed by atoms with E-state index in [-0.39, 0.29) is 5.75 Å². The van der Waals surface area contributed by atoms with Gasteiger partial charge in [0, 0.05) is 5.56 Å². The zero-order valence-electron chi connectivity index (χ0n) is 11.9. The molecule has 2 rings (SSSR count). The van der Waals surface area contributed by atoms with Crippen LogP contribution in [-0.4, -0.2) is 9.79 Å². The van der Waals surface area contributed by atoms with Crippen molar-refractivity contribution in [2.24, 2.45) is 0 Å². The Bertz CT molecular complexity index is 634. The molecule has 2 aromatic carbocycles. The molecule has 0 heterocycles. The van der Waals surface area contributed by atoms with Gasteiger partial charge in [-0.15, -0.1) is 0 Å². The van der Waals surface area contributed by atoms with Crippen molar-refractivity contribution in [2.45, 2.75) is 26.2 Å². The number of rotatable bonds is 6. The maximum atomic E-state index is 11.2. The lowest BCUT2D eigenvalue weighted by Crippen LogP contribution is -1.97. The highest BCUT2D eigenvalue weighted by atomic mass is 31.2. The number of aryl methyl sites for hydroxylation is 1. The molecule has 0 unspecified atom stereocenters. The Kier molecular flexibility index (Phi) is 5.18. The van der Waals surface area contributed by atoms with Gasteiger partial charge in [-0.2, -0.15) is 0 Å². The van der Waals surface area contributed by atoms with Crippen LogP contribution in [0.3, 0.4) is 0 Å². The van der Waals surface area contributed by atoms with Crippen molar-refractivity contribution in [3.8, 4) is 16.9 Å². The molecule has 0 aromatic heterocycles. The smallest absolute Gasteiger partial charge is 0.404 e. The first-order chi connectivity index (χ1) is 10.0. The fourth-order valence-electron chi connectivity index (χ4n) is 2.29. The first-order valence-corrected chi connectivity index (χ1v) is 8.46. The van der Waals surface area contributed by atoms with Gasteiger partial charge in [0.15, 0.2) is 0 Å². The van der Waals surface area contributed by atoms with Crippen molar-refractivity contribution in [1.29, 1.82) is 0 Å². The molecule has 2 N–H and O–H groups in total. The van der Waals surface area contributed by atoms with Crippen LogP contribution in [0.2, 0.25) is 0 Å². The molecule has 0 fully saturated rings. The maximum Gasteiger partial charge on any atom is 0.524 e. The molecule has 2 aromatic rings. The quantitative estimate of drug-likeness (QED) is 0.786. The Balaban J connectivity index is 2.52. The Hall–Kier alpha value is -1.61. The summed E-state index contributed by atoms with van der Waals surface area (Å²) in [5, 5.41) is 0. The fourth-order valence-corrected chi connectivity index (χ4v) is 2.70.